The molecule has 1 saturated heterocycles. The Balaban J connectivity index is 1.93. The lowest BCUT2D eigenvalue weighted by molar-refractivity contribution is -0.221. The number of aliphatic hydroxyl groups is 1. The van der Waals surface area contributed by atoms with Crippen molar-refractivity contribution in [2.24, 2.45) is 5.73 Å². The van der Waals surface area contributed by atoms with Crippen molar-refractivity contribution < 1.29 is 19.5 Å². The molecule has 0 saturated carbocycles. The molecule has 1 heterocycles. The number of carbonyl (C=O) groups is 2. The van der Waals surface area contributed by atoms with Crippen molar-refractivity contribution in [1.29, 1.82) is 0 Å². The van der Waals surface area contributed by atoms with Crippen LogP contribution in [0.15, 0.2) is 30.3 Å². The summed E-state index contributed by atoms with van der Waals surface area (Å²) in [6.07, 6.45) is 0.770. The monoisotopic (exact) mass is 292 g/mol. The van der Waals surface area contributed by atoms with Gasteiger partial charge in [0.25, 0.3) is 5.91 Å². The van der Waals surface area contributed by atoms with E-state index in [2.05, 4.69) is 0 Å². The lowest BCUT2D eigenvalue weighted by Crippen LogP contribution is -2.53. The van der Waals surface area contributed by atoms with E-state index in [1.165, 1.54) is 0 Å². The molecule has 3 N–H and O–H groups in total. The highest BCUT2D eigenvalue weighted by Crippen LogP contribution is 2.17. The van der Waals surface area contributed by atoms with E-state index in [0.29, 0.717) is 25.9 Å². The molecule has 114 valence electrons. The van der Waals surface area contributed by atoms with Crippen molar-refractivity contribution in [3.05, 3.63) is 35.9 Å². The van der Waals surface area contributed by atoms with Gasteiger partial charge in [-0.2, -0.15) is 0 Å². The maximum Gasteiger partial charge on any atom is 0.275 e. The van der Waals surface area contributed by atoms with Crippen molar-refractivity contribution in [2.75, 3.05) is 6.61 Å². The minimum atomic E-state index is -1.20. The molecule has 1 aliphatic heterocycles. The maximum atomic E-state index is 12.2. The SMILES string of the molecule is NC(=O)C1CCCON1C(=O)[C@H](O)CCc1ccccc1. The third-order valence-corrected chi connectivity index (χ3v) is 3.52. The summed E-state index contributed by atoms with van der Waals surface area (Å²) >= 11 is 0. The van der Waals surface area contributed by atoms with E-state index in [1.807, 2.05) is 30.3 Å². The summed E-state index contributed by atoms with van der Waals surface area (Å²) < 4.78 is 0. The average Bonchev–Trinajstić information content (AvgIpc) is 2.52. The van der Waals surface area contributed by atoms with Crippen LogP contribution in [0.25, 0.3) is 0 Å². The first kappa shape index (κ1) is 15.5. The van der Waals surface area contributed by atoms with Crippen LogP contribution in [0.3, 0.4) is 0 Å². The molecule has 2 rings (SSSR count). The maximum absolute atomic E-state index is 12.2. The number of hydrogen-bond donors (Lipinski definition) is 2. The van der Waals surface area contributed by atoms with Gasteiger partial charge in [-0.25, -0.2) is 5.06 Å². The van der Waals surface area contributed by atoms with Crippen molar-refractivity contribution in [3.8, 4) is 0 Å². The molecule has 0 aliphatic carbocycles. The standard InChI is InChI=1S/C15H20N2O4/c16-14(19)12-7-4-10-21-17(12)15(20)13(18)9-8-11-5-2-1-3-6-11/h1-3,5-6,12-13,18H,4,7-10H2,(H2,16,19)/t12?,13-/m1/s1. The Kier molecular flexibility index (Phi) is 5.30. The van der Waals surface area contributed by atoms with Crippen LogP contribution in [-0.2, 0) is 20.8 Å². The Hall–Kier alpha value is -1.92. The second-order valence-corrected chi connectivity index (χ2v) is 5.10. The molecular formula is C15H20N2O4. The zero-order valence-electron chi connectivity index (χ0n) is 11.8. The predicted octanol–water partition coefficient (Wildman–Crippen LogP) is 0.388. The van der Waals surface area contributed by atoms with Crippen LogP contribution in [0, 0.1) is 0 Å². The molecule has 6 heteroatoms. The van der Waals surface area contributed by atoms with Crippen molar-refractivity contribution in [2.45, 2.75) is 37.8 Å². The molecule has 0 bridgehead atoms. The van der Waals surface area contributed by atoms with E-state index >= 15 is 0 Å². The highest BCUT2D eigenvalue weighted by molar-refractivity contribution is 5.87. The van der Waals surface area contributed by atoms with Gasteiger partial charge in [-0.05, 0) is 31.2 Å². The molecule has 0 aromatic heterocycles. The van der Waals surface area contributed by atoms with Crippen LogP contribution in [0.2, 0.25) is 0 Å². The third-order valence-electron chi connectivity index (χ3n) is 3.52. The highest BCUT2D eigenvalue weighted by atomic mass is 16.7. The van der Waals surface area contributed by atoms with Gasteiger partial charge in [-0.3, -0.25) is 14.4 Å². The van der Waals surface area contributed by atoms with E-state index < -0.39 is 24.0 Å². The van der Waals surface area contributed by atoms with Crippen molar-refractivity contribution in [3.63, 3.8) is 0 Å². The molecule has 1 unspecified atom stereocenters. The minimum absolute atomic E-state index is 0.272. The summed E-state index contributed by atoms with van der Waals surface area (Å²) in [5, 5.41) is 11.0. The van der Waals surface area contributed by atoms with Gasteiger partial charge in [-0.15, -0.1) is 0 Å². The van der Waals surface area contributed by atoms with Gasteiger partial charge in [0.1, 0.15) is 12.1 Å². The molecule has 21 heavy (non-hydrogen) atoms. The Morgan fingerprint density at radius 1 is 1.38 bits per heavy atom. The lowest BCUT2D eigenvalue weighted by atomic mass is 10.0. The van der Waals surface area contributed by atoms with Crippen LogP contribution >= 0.6 is 0 Å². The third kappa shape index (κ3) is 4.03. The second kappa shape index (κ2) is 7.19. The normalized spacial score (nSPS) is 20.0. The van der Waals surface area contributed by atoms with Crippen LogP contribution < -0.4 is 5.73 Å². The number of amides is 2. The molecule has 1 fully saturated rings. The number of nitrogens with zero attached hydrogens (tertiary/aromatic N) is 1. The molecular weight excluding hydrogens is 272 g/mol. The fraction of sp³-hybridized carbons (Fsp3) is 0.467. The fourth-order valence-corrected chi connectivity index (χ4v) is 2.34. The lowest BCUT2D eigenvalue weighted by Gasteiger charge is -2.33. The quantitative estimate of drug-likeness (QED) is 0.821. The Morgan fingerprint density at radius 3 is 2.76 bits per heavy atom. The Bertz CT molecular complexity index is 492. The minimum Gasteiger partial charge on any atom is -0.383 e. The summed E-state index contributed by atoms with van der Waals surface area (Å²) in [6, 6.07) is 8.78. The van der Waals surface area contributed by atoms with Crippen LogP contribution in [-0.4, -0.2) is 40.7 Å². The number of nitrogens with two attached hydrogens (primary N) is 1. The Morgan fingerprint density at radius 2 is 2.10 bits per heavy atom. The molecule has 1 aromatic carbocycles. The first-order chi connectivity index (χ1) is 10.1. The fourth-order valence-electron chi connectivity index (χ4n) is 2.34. The first-order valence-electron chi connectivity index (χ1n) is 7.07. The highest BCUT2D eigenvalue weighted by Gasteiger charge is 2.35. The average molecular weight is 292 g/mol. The largest absolute Gasteiger partial charge is 0.383 e. The summed E-state index contributed by atoms with van der Waals surface area (Å²) in [6.45, 7) is 0.348. The second-order valence-electron chi connectivity index (χ2n) is 5.10. The zero-order valence-corrected chi connectivity index (χ0v) is 11.8. The van der Waals surface area contributed by atoms with Crippen molar-refractivity contribution >= 4 is 11.8 Å². The van der Waals surface area contributed by atoms with E-state index in [0.717, 1.165) is 10.6 Å². The van der Waals surface area contributed by atoms with Gasteiger partial charge in [0, 0.05) is 0 Å². The molecule has 6 nitrogen and oxygen atoms in total. The van der Waals surface area contributed by atoms with Crippen molar-refractivity contribution in [1.82, 2.24) is 5.06 Å². The molecule has 2 amide bonds. The van der Waals surface area contributed by atoms with Gasteiger partial charge in [0.05, 0.1) is 6.61 Å². The van der Waals surface area contributed by atoms with Gasteiger partial charge in [0.2, 0.25) is 5.91 Å². The smallest absolute Gasteiger partial charge is 0.275 e. The van der Waals surface area contributed by atoms with Crippen LogP contribution in [0.5, 0.6) is 0 Å². The number of carbonyl (C=O) groups excluding carboxylic acids is 2. The number of primary amides is 1. The summed E-state index contributed by atoms with van der Waals surface area (Å²) in [5.41, 5.74) is 6.30. The predicted molar refractivity (Wildman–Crippen MR) is 75.8 cm³/mol. The van der Waals surface area contributed by atoms with Crippen LogP contribution in [0.1, 0.15) is 24.8 Å². The van der Waals surface area contributed by atoms with E-state index in [1.54, 1.807) is 0 Å². The van der Waals surface area contributed by atoms with Gasteiger partial charge in [-0.1, -0.05) is 30.3 Å². The molecule has 0 radical (unpaired) electrons. The number of aliphatic hydroxyl groups excluding tert-OH is 1. The van der Waals surface area contributed by atoms with E-state index in [4.69, 9.17) is 10.6 Å². The number of hydroxylamine groups is 2. The molecule has 0 spiro atoms. The first-order valence-corrected chi connectivity index (χ1v) is 7.07. The van der Waals surface area contributed by atoms with E-state index in [9.17, 15) is 14.7 Å². The Labute approximate surface area is 123 Å². The topological polar surface area (TPSA) is 92.9 Å². The molecule has 1 aromatic rings. The van der Waals surface area contributed by atoms with Gasteiger partial charge < -0.3 is 10.8 Å². The number of hydrogen-bond acceptors (Lipinski definition) is 4. The summed E-state index contributed by atoms with van der Waals surface area (Å²) in [4.78, 5) is 28.7. The van der Waals surface area contributed by atoms with Crippen LogP contribution in [0.4, 0.5) is 0 Å². The number of rotatable bonds is 5. The van der Waals surface area contributed by atoms with E-state index in [-0.39, 0.29) is 6.42 Å². The zero-order chi connectivity index (χ0) is 15.2. The summed E-state index contributed by atoms with van der Waals surface area (Å²) in [7, 11) is 0. The molecule has 2 atom stereocenters. The van der Waals surface area contributed by atoms with Gasteiger partial charge >= 0.3 is 0 Å². The molecule has 1 aliphatic rings. The number of aryl methyl sites for hydroxylation is 1. The van der Waals surface area contributed by atoms with Gasteiger partial charge in [0.15, 0.2) is 0 Å². The summed E-state index contributed by atoms with van der Waals surface area (Å²) in [5.74, 6) is -1.22. The number of benzene rings is 1.